The highest BCUT2D eigenvalue weighted by Gasteiger charge is 2.12. The number of benzene rings is 1. The largest absolute Gasteiger partial charge is 0.493 e. The summed E-state index contributed by atoms with van der Waals surface area (Å²) < 4.78 is 5.33. The monoisotopic (exact) mass is 200 g/mol. The molecular formula is C10H13ClO2. The number of rotatable bonds is 3. The molecule has 0 aliphatic heterocycles. The van der Waals surface area contributed by atoms with Crippen molar-refractivity contribution < 1.29 is 9.84 Å². The average Bonchev–Trinajstić information content (AvgIpc) is 2.04. The SMILES string of the molecule is CCOc1cccc(Cl)c1C(C)O. The minimum absolute atomic E-state index is 0.543. The quantitative estimate of drug-likeness (QED) is 0.813. The van der Waals surface area contributed by atoms with Gasteiger partial charge in [0.15, 0.2) is 0 Å². The highest BCUT2D eigenvalue weighted by Crippen LogP contribution is 2.31. The van der Waals surface area contributed by atoms with E-state index in [-0.39, 0.29) is 0 Å². The Morgan fingerprint density at radius 1 is 1.54 bits per heavy atom. The Bertz CT molecular complexity index is 284. The molecule has 1 aromatic carbocycles. The lowest BCUT2D eigenvalue weighted by Gasteiger charge is -2.13. The summed E-state index contributed by atoms with van der Waals surface area (Å²) in [6.45, 7) is 4.14. The summed E-state index contributed by atoms with van der Waals surface area (Å²) in [5.74, 6) is 0.657. The highest BCUT2D eigenvalue weighted by molar-refractivity contribution is 6.31. The number of ether oxygens (including phenoxy) is 1. The molecule has 0 amide bonds. The van der Waals surface area contributed by atoms with Crippen molar-refractivity contribution in [3.8, 4) is 5.75 Å². The van der Waals surface area contributed by atoms with E-state index in [0.29, 0.717) is 22.9 Å². The van der Waals surface area contributed by atoms with E-state index in [1.165, 1.54) is 0 Å². The third kappa shape index (κ3) is 2.36. The third-order valence-electron chi connectivity index (χ3n) is 1.73. The summed E-state index contributed by atoms with van der Waals surface area (Å²) in [5.41, 5.74) is 0.658. The van der Waals surface area contributed by atoms with Crippen LogP contribution in [0.3, 0.4) is 0 Å². The van der Waals surface area contributed by atoms with Gasteiger partial charge in [0.05, 0.1) is 17.7 Å². The maximum absolute atomic E-state index is 9.45. The van der Waals surface area contributed by atoms with Crippen molar-refractivity contribution in [3.63, 3.8) is 0 Å². The van der Waals surface area contributed by atoms with Crippen LogP contribution in [0.25, 0.3) is 0 Å². The van der Waals surface area contributed by atoms with Crippen LogP contribution in [0.15, 0.2) is 18.2 Å². The Morgan fingerprint density at radius 3 is 2.77 bits per heavy atom. The van der Waals surface area contributed by atoms with Crippen molar-refractivity contribution in [2.45, 2.75) is 20.0 Å². The molecule has 0 aliphatic carbocycles. The fraction of sp³-hybridized carbons (Fsp3) is 0.400. The van der Waals surface area contributed by atoms with E-state index in [2.05, 4.69) is 0 Å². The van der Waals surface area contributed by atoms with Gasteiger partial charge in [-0.05, 0) is 26.0 Å². The predicted molar refractivity (Wildman–Crippen MR) is 53.3 cm³/mol. The fourth-order valence-electron chi connectivity index (χ4n) is 1.20. The molecule has 13 heavy (non-hydrogen) atoms. The summed E-state index contributed by atoms with van der Waals surface area (Å²) in [7, 11) is 0. The first-order chi connectivity index (χ1) is 6.16. The summed E-state index contributed by atoms with van der Waals surface area (Å²) in [5, 5.41) is 9.99. The maximum atomic E-state index is 9.45. The van der Waals surface area contributed by atoms with Crippen molar-refractivity contribution in [2.24, 2.45) is 0 Å². The standard InChI is InChI=1S/C10H13ClO2/c1-3-13-9-6-4-5-8(11)10(9)7(2)12/h4-7,12H,3H2,1-2H3. The molecule has 0 heterocycles. The van der Waals surface area contributed by atoms with Gasteiger partial charge in [-0.15, -0.1) is 0 Å². The Balaban J connectivity index is 3.10. The van der Waals surface area contributed by atoms with Crippen molar-refractivity contribution >= 4 is 11.6 Å². The average molecular weight is 201 g/mol. The minimum Gasteiger partial charge on any atom is -0.493 e. The van der Waals surface area contributed by atoms with Gasteiger partial charge in [-0.3, -0.25) is 0 Å². The van der Waals surface area contributed by atoms with Crippen LogP contribution in [0.4, 0.5) is 0 Å². The first kappa shape index (κ1) is 10.4. The molecule has 0 fully saturated rings. The molecule has 0 saturated heterocycles. The predicted octanol–water partition coefficient (Wildman–Crippen LogP) is 2.79. The van der Waals surface area contributed by atoms with Crippen LogP contribution >= 0.6 is 11.6 Å². The molecular weight excluding hydrogens is 188 g/mol. The molecule has 0 radical (unpaired) electrons. The molecule has 0 saturated carbocycles. The van der Waals surface area contributed by atoms with Gasteiger partial charge in [-0.1, -0.05) is 17.7 Å². The smallest absolute Gasteiger partial charge is 0.126 e. The lowest BCUT2D eigenvalue weighted by molar-refractivity contribution is 0.192. The molecule has 2 nitrogen and oxygen atoms in total. The number of halogens is 1. The van der Waals surface area contributed by atoms with Gasteiger partial charge < -0.3 is 9.84 Å². The Labute approximate surface area is 83.1 Å². The van der Waals surface area contributed by atoms with E-state index >= 15 is 0 Å². The van der Waals surface area contributed by atoms with Crippen LogP contribution in [0.1, 0.15) is 25.5 Å². The Morgan fingerprint density at radius 2 is 2.23 bits per heavy atom. The first-order valence-corrected chi connectivity index (χ1v) is 4.64. The number of aliphatic hydroxyl groups is 1. The van der Waals surface area contributed by atoms with Crippen molar-refractivity contribution in [3.05, 3.63) is 28.8 Å². The molecule has 3 heteroatoms. The van der Waals surface area contributed by atoms with Gasteiger partial charge >= 0.3 is 0 Å². The van der Waals surface area contributed by atoms with E-state index in [1.807, 2.05) is 6.92 Å². The van der Waals surface area contributed by atoms with Gasteiger partial charge in [0, 0.05) is 5.56 Å². The molecule has 0 aromatic heterocycles. The Hall–Kier alpha value is -0.730. The van der Waals surface area contributed by atoms with E-state index in [4.69, 9.17) is 16.3 Å². The summed E-state index contributed by atoms with van der Waals surface area (Å²) in [6.07, 6.45) is -0.602. The van der Waals surface area contributed by atoms with Gasteiger partial charge in [0.2, 0.25) is 0 Å². The molecule has 0 aliphatic rings. The summed E-state index contributed by atoms with van der Waals surface area (Å²) >= 11 is 5.92. The maximum Gasteiger partial charge on any atom is 0.126 e. The second kappa shape index (κ2) is 4.49. The van der Waals surface area contributed by atoms with Gasteiger partial charge in [0.25, 0.3) is 0 Å². The van der Waals surface area contributed by atoms with Crippen LogP contribution < -0.4 is 4.74 Å². The fourth-order valence-corrected chi connectivity index (χ4v) is 1.53. The summed E-state index contributed by atoms with van der Waals surface area (Å²) in [4.78, 5) is 0. The third-order valence-corrected chi connectivity index (χ3v) is 2.06. The van der Waals surface area contributed by atoms with E-state index in [0.717, 1.165) is 0 Å². The van der Waals surface area contributed by atoms with Gasteiger partial charge in [-0.2, -0.15) is 0 Å². The molecule has 1 aromatic rings. The molecule has 0 spiro atoms. The minimum atomic E-state index is -0.602. The number of aliphatic hydroxyl groups excluding tert-OH is 1. The lowest BCUT2D eigenvalue weighted by Crippen LogP contribution is -2.00. The van der Waals surface area contributed by atoms with Gasteiger partial charge in [0.1, 0.15) is 5.75 Å². The molecule has 72 valence electrons. The van der Waals surface area contributed by atoms with Crippen LogP contribution in [0.2, 0.25) is 5.02 Å². The van der Waals surface area contributed by atoms with E-state index in [1.54, 1.807) is 25.1 Å². The number of hydrogen-bond donors (Lipinski definition) is 1. The zero-order valence-corrected chi connectivity index (χ0v) is 8.51. The second-order valence-corrected chi connectivity index (χ2v) is 3.17. The normalized spacial score (nSPS) is 12.6. The second-order valence-electron chi connectivity index (χ2n) is 2.76. The van der Waals surface area contributed by atoms with Crippen LogP contribution in [0, 0.1) is 0 Å². The van der Waals surface area contributed by atoms with Crippen molar-refractivity contribution in [2.75, 3.05) is 6.61 Å². The lowest BCUT2D eigenvalue weighted by atomic mass is 10.1. The first-order valence-electron chi connectivity index (χ1n) is 4.26. The van der Waals surface area contributed by atoms with Crippen LogP contribution in [0.5, 0.6) is 5.75 Å². The van der Waals surface area contributed by atoms with E-state index < -0.39 is 6.10 Å². The summed E-state index contributed by atoms with van der Waals surface area (Å²) in [6, 6.07) is 5.35. The van der Waals surface area contributed by atoms with Crippen LogP contribution in [-0.2, 0) is 0 Å². The molecule has 1 N–H and O–H groups in total. The van der Waals surface area contributed by atoms with Crippen molar-refractivity contribution in [1.82, 2.24) is 0 Å². The van der Waals surface area contributed by atoms with Crippen molar-refractivity contribution in [1.29, 1.82) is 0 Å². The molecule has 0 bridgehead atoms. The topological polar surface area (TPSA) is 29.5 Å². The molecule has 1 atom stereocenters. The zero-order chi connectivity index (χ0) is 9.84. The van der Waals surface area contributed by atoms with Crippen LogP contribution in [-0.4, -0.2) is 11.7 Å². The Kier molecular flexibility index (Phi) is 3.58. The highest BCUT2D eigenvalue weighted by atomic mass is 35.5. The van der Waals surface area contributed by atoms with E-state index in [9.17, 15) is 5.11 Å². The zero-order valence-electron chi connectivity index (χ0n) is 7.75. The molecule has 1 unspecified atom stereocenters. The number of hydrogen-bond acceptors (Lipinski definition) is 2. The molecule has 1 rings (SSSR count). The van der Waals surface area contributed by atoms with Gasteiger partial charge in [-0.25, -0.2) is 0 Å².